The highest BCUT2D eigenvalue weighted by Crippen LogP contribution is 2.26. The molecule has 0 amide bonds. The lowest BCUT2D eigenvalue weighted by Crippen LogP contribution is -2.39. The summed E-state index contributed by atoms with van der Waals surface area (Å²) < 4.78 is 63.3. The highest BCUT2D eigenvalue weighted by molar-refractivity contribution is 14.0. The second kappa shape index (κ2) is 10.7. The van der Waals surface area contributed by atoms with E-state index in [4.69, 9.17) is 0 Å². The molecular formula is C14H21F3IN3O3S. The number of nitrogens with zero attached hydrogens (tertiary/aromatic N) is 1. The molecule has 0 atom stereocenters. The normalized spacial score (nSPS) is 12.3. The lowest BCUT2D eigenvalue weighted by Gasteiger charge is -2.13. The van der Waals surface area contributed by atoms with E-state index in [1.54, 1.807) is 6.07 Å². The zero-order chi connectivity index (χ0) is 18.2. The molecule has 0 saturated heterocycles. The van der Waals surface area contributed by atoms with Crippen LogP contribution in [0.15, 0.2) is 29.3 Å². The molecular weight excluding hydrogens is 474 g/mol. The second-order valence-electron chi connectivity index (χ2n) is 4.91. The Morgan fingerprint density at radius 3 is 2.44 bits per heavy atom. The average Bonchev–Trinajstić information content (AvgIpc) is 2.43. The van der Waals surface area contributed by atoms with Crippen molar-refractivity contribution in [2.45, 2.75) is 19.8 Å². The van der Waals surface area contributed by atoms with E-state index in [2.05, 4.69) is 20.4 Å². The summed E-state index contributed by atoms with van der Waals surface area (Å²) >= 11 is 0. The van der Waals surface area contributed by atoms with Crippen LogP contribution in [0.4, 0.5) is 13.2 Å². The van der Waals surface area contributed by atoms with E-state index in [0.717, 1.165) is 6.26 Å². The number of aliphatic imine (C=N–C) groups is 1. The molecule has 0 unspecified atom stereocenters. The number of halogens is 4. The number of nitrogens with one attached hydrogen (secondary N) is 2. The van der Waals surface area contributed by atoms with Crippen molar-refractivity contribution in [3.63, 3.8) is 0 Å². The van der Waals surface area contributed by atoms with Crippen molar-refractivity contribution in [1.29, 1.82) is 0 Å². The highest BCUT2D eigenvalue weighted by atomic mass is 127. The summed E-state index contributed by atoms with van der Waals surface area (Å²) in [6.45, 7) is 2.42. The number of rotatable bonds is 7. The van der Waals surface area contributed by atoms with Crippen LogP contribution in [0.1, 0.15) is 12.5 Å². The van der Waals surface area contributed by atoms with E-state index < -0.39 is 16.2 Å². The zero-order valence-electron chi connectivity index (χ0n) is 13.8. The largest absolute Gasteiger partial charge is 0.573 e. The highest BCUT2D eigenvalue weighted by Gasteiger charge is 2.31. The monoisotopic (exact) mass is 495 g/mol. The molecule has 144 valence electrons. The van der Waals surface area contributed by atoms with Crippen molar-refractivity contribution < 1.29 is 26.3 Å². The molecule has 0 radical (unpaired) electrons. The molecule has 0 aliphatic rings. The summed E-state index contributed by atoms with van der Waals surface area (Å²) in [5.41, 5.74) is 0.259. The Morgan fingerprint density at radius 1 is 1.24 bits per heavy atom. The number of hydrogen-bond donors (Lipinski definition) is 2. The molecule has 11 heteroatoms. The lowest BCUT2D eigenvalue weighted by molar-refractivity contribution is -0.274. The molecule has 0 bridgehead atoms. The van der Waals surface area contributed by atoms with E-state index in [-0.39, 0.29) is 54.1 Å². The van der Waals surface area contributed by atoms with Crippen LogP contribution in [0.25, 0.3) is 0 Å². The summed E-state index contributed by atoms with van der Waals surface area (Å²) in [5.74, 6) is -0.0887. The fraction of sp³-hybridized carbons (Fsp3) is 0.500. The number of guanidine groups is 1. The van der Waals surface area contributed by atoms with Crippen LogP contribution in [-0.2, 0) is 16.4 Å². The Kier molecular flexibility index (Phi) is 10.2. The SMILES string of the molecule is CCNC(=NCc1ccccc1OC(F)(F)F)NCCS(C)(=O)=O.I. The number of para-hydroxylation sites is 1. The van der Waals surface area contributed by atoms with Crippen LogP contribution >= 0.6 is 24.0 Å². The Bertz CT molecular complexity index is 667. The first kappa shape index (κ1) is 23.8. The molecule has 6 nitrogen and oxygen atoms in total. The van der Waals surface area contributed by atoms with Gasteiger partial charge in [-0.05, 0) is 13.0 Å². The topological polar surface area (TPSA) is 79.8 Å². The van der Waals surface area contributed by atoms with Gasteiger partial charge in [0.1, 0.15) is 15.6 Å². The number of sulfone groups is 1. The van der Waals surface area contributed by atoms with Gasteiger partial charge in [0.05, 0.1) is 12.3 Å². The van der Waals surface area contributed by atoms with Crippen LogP contribution in [0.2, 0.25) is 0 Å². The molecule has 0 aromatic heterocycles. The van der Waals surface area contributed by atoms with Crippen LogP contribution in [0.3, 0.4) is 0 Å². The van der Waals surface area contributed by atoms with Gasteiger partial charge >= 0.3 is 6.36 Å². The van der Waals surface area contributed by atoms with E-state index in [1.165, 1.54) is 18.2 Å². The number of benzene rings is 1. The third kappa shape index (κ3) is 11.1. The third-order valence-electron chi connectivity index (χ3n) is 2.72. The van der Waals surface area contributed by atoms with Crippen LogP contribution in [0, 0.1) is 0 Å². The molecule has 0 heterocycles. The summed E-state index contributed by atoms with van der Waals surface area (Å²) in [6.07, 6.45) is -3.67. The van der Waals surface area contributed by atoms with Crippen molar-refractivity contribution >= 4 is 39.8 Å². The number of alkyl halides is 3. The predicted molar refractivity (Wildman–Crippen MR) is 101 cm³/mol. The van der Waals surface area contributed by atoms with Crippen LogP contribution < -0.4 is 15.4 Å². The Labute approximate surface area is 162 Å². The van der Waals surface area contributed by atoms with Gasteiger partial charge in [-0.2, -0.15) is 0 Å². The zero-order valence-corrected chi connectivity index (χ0v) is 16.9. The first-order chi connectivity index (χ1) is 11.1. The number of ether oxygens (including phenoxy) is 1. The van der Waals surface area contributed by atoms with Crippen molar-refractivity contribution in [2.24, 2.45) is 4.99 Å². The van der Waals surface area contributed by atoms with E-state index in [0.29, 0.717) is 12.5 Å². The maximum atomic E-state index is 12.4. The smallest absolute Gasteiger partial charge is 0.405 e. The summed E-state index contributed by atoms with van der Waals surface area (Å²) in [5, 5.41) is 5.70. The molecule has 1 aromatic rings. The molecule has 1 rings (SSSR count). The van der Waals surface area contributed by atoms with E-state index in [1.807, 2.05) is 6.92 Å². The fourth-order valence-corrected chi connectivity index (χ4v) is 2.19. The lowest BCUT2D eigenvalue weighted by atomic mass is 10.2. The van der Waals surface area contributed by atoms with Crippen molar-refractivity contribution in [3.05, 3.63) is 29.8 Å². The first-order valence-electron chi connectivity index (χ1n) is 7.14. The molecule has 0 saturated carbocycles. The van der Waals surface area contributed by atoms with Crippen molar-refractivity contribution in [2.75, 3.05) is 25.1 Å². The Balaban J connectivity index is 0.00000576. The van der Waals surface area contributed by atoms with E-state index >= 15 is 0 Å². The van der Waals surface area contributed by atoms with Gasteiger partial charge < -0.3 is 15.4 Å². The van der Waals surface area contributed by atoms with Gasteiger partial charge in [0, 0.05) is 24.9 Å². The molecule has 0 aliphatic heterocycles. The molecule has 25 heavy (non-hydrogen) atoms. The van der Waals surface area contributed by atoms with Crippen molar-refractivity contribution in [1.82, 2.24) is 10.6 Å². The van der Waals surface area contributed by atoms with Gasteiger partial charge in [-0.3, -0.25) is 0 Å². The summed E-state index contributed by atoms with van der Waals surface area (Å²) in [4.78, 5) is 4.15. The first-order valence-corrected chi connectivity index (χ1v) is 9.20. The van der Waals surface area contributed by atoms with Gasteiger partial charge in [-0.15, -0.1) is 37.1 Å². The minimum atomic E-state index is -4.78. The summed E-state index contributed by atoms with van der Waals surface area (Å²) in [7, 11) is -3.12. The third-order valence-corrected chi connectivity index (χ3v) is 3.66. The Hall–Kier alpha value is -1.24. The Morgan fingerprint density at radius 2 is 1.88 bits per heavy atom. The maximum Gasteiger partial charge on any atom is 0.573 e. The minimum Gasteiger partial charge on any atom is -0.405 e. The van der Waals surface area contributed by atoms with Crippen molar-refractivity contribution in [3.8, 4) is 5.75 Å². The van der Waals surface area contributed by atoms with Gasteiger partial charge in [-0.25, -0.2) is 13.4 Å². The van der Waals surface area contributed by atoms with Gasteiger partial charge in [0.2, 0.25) is 0 Å². The molecule has 1 aromatic carbocycles. The van der Waals surface area contributed by atoms with Gasteiger partial charge in [-0.1, -0.05) is 18.2 Å². The predicted octanol–water partition coefficient (Wildman–Crippen LogP) is 2.30. The van der Waals surface area contributed by atoms with E-state index in [9.17, 15) is 21.6 Å². The molecule has 0 spiro atoms. The maximum absolute atomic E-state index is 12.4. The minimum absolute atomic E-state index is 0. The molecule has 0 fully saturated rings. The second-order valence-corrected chi connectivity index (χ2v) is 7.17. The molecule has 0 aliphatic carbocycles. The molecule has 2 N–H and O–H groups in total. The van der Waals surface area contributed by atoms with Gasteiger partial charge in [0.25, 0.3) is 0 Å². The standard InChI is InChI=1S/C14H20F3N3O3S.HI/c1-3-18-13(19-8-9-24(2,21)22)20-10-11-6-4-5-7-12(11)23-14(15,16)17;/h4-7H,3,8-10H2,1-2H3,(H2,18,19,20);1H. The average molecular weight is 495 g/mol. The summed E-state index contributed by atoms with van der Waals surface area (Å²) in [6, 6.07) is 5.70. The van der Waals surface area contributed by atoms with Gasteiger partial charge in [0.15, 0.2) is 5.96 Å². The van der Waals surface area contributed by atoms with Crippen LogP contribution in [-0.4, -0.2) is 45.8 Å². The van der Waals surface area contributed by atoms with Crippen LogP contribution in [0.5, 0.6) is 5.75 Å². The number of hydrogen-bond acceptors (Lipinski definition) is 4. The fourth-order valence-electron chi connectivity index (χ4n) is 1.72. The quantitative estimate of drug-likeness (QED) is 0.345.